The van der Waals surface area contributed by atoms with Gasteiger partial charge in [-0.1, -0.05) is 6.92 Å². The molecule has 0 aromatic carbocycles. The number of likely N-dealkylation sites (N-methyl/N-ethyl adjacent to an activating group) is 1. The van der Waals surface area contributed by atoms with E-state index in [1.807, 2.05) is 6.92 Å². The highest BCUT2D eigenvalue weighted by molar-refractivity contribution is 7.89. The van der Waals surface area contributed by atoms with Gasteiger partial charge in [0.1, 0.15) is 5.82 Å². The van der Waals surface area contributed by atoms with Crippen molar-refractivity contribution in [3.63, 3.8) is 0 Å². The molecule has 0 bridgehead atoms. The minimum Gasteiger partial charge on any atom is -0.344 e. The SMILES string of the molecule is CCc1ncc(S(=O)(=O)NC2CCC(=O)N(C)C2)[nH]1. The Morgan fingerprint density at radius 1 is 1.58 bits per heavy atom. The molecule has 8 heteroatoms. The number of carbonyl (C=O) groups is 1. The lowest BCUT2D eigenvalue weighted by atomic mass is 10.1. The van der Waals surface area contributed by atoms with Gasteiger partial charge in [-0.2, -0.15) is 0 Å². The second kappa shape index (κ2) is 5.30. The topological polar surface area (TPSA) is 95.2 Å². The van der Waals surface area contributed by atoms with Gasteiger partial charge < -0.3 is 9.88 Å². The smallest absolute Gasteiger partial charge is 0.257 e. The summed E-state index contributed by atoms with van der Waals surface area (Å²) in [5.74, 6) is 0.682. The highest BCUT2D eigenvalue weighted by Gasteiger charge is 2.28. The van der Waals surface area contributed by atoms with Crippen molar-refractivity contribution in [2.45, 2.75) is 37.3 Å². The van der Waals surface area contributed by atoms with Crippen molar-refractivity contribution < 1.29 is 13.2 Å². The van der Waals surface area contributed by atoms with Crippen molar-refractivity contribution in [1.82, 2.24) is 19.6 Å². The number of carbonyl (C=O) groups excluding carboxylic acids is 1. The van der Waals surface area contributed by atoms with Gasteiger partial charge in [-0.15, -0.1) is 0 Å². The number of imidazole rings is 1. The third kappa shape index (κ3) is 3.13. The third-order valence-corrected chi connectivity index (χ3v) is 4.61. The Balaban J connectivity index is 2.07. The van der Waals surface area contributed by atoms with E-state index in [1.54, 1.807) is 11.9 Å². The van der Waals surface area contributed by atoms with Gasteiger partial charge in [0.15, 0.2) is 5.03 Å². The lowest BCUT2D eigenvalue weighted by Crippen LogP contribution is -2.48. The molecule has 1 aromatic rings. The third-order valence-electron chi connectivity index (χ3n) is 3.18. The number of aromatic nitrogens is 2. The van der Waals surface area contributed by atoms with E-state index in [2.05, 4.69) is 14.7 Å². The predicted molar refractivity (Wildman–Crippen MR) is 68.9 cm³/mol. The molecule has 0 saturated carbocycles. The van der Waals surface area contributed by atoms with Crippen LogP contribution in [-0.2, 0) is 21.2 Å². The molecule has 0 radical (unpaired) electrons. The first kappa shape index (κ1) is 14.0. The van der Waals surface area contributed by atoms with Crippen LogP contribution in [0.25, 0.3) is 0 Å². The standard InChI is InChI=1S/C11H18N4O3S/c1-3-9-12-6-10(13-9)19(17,18)14-8-4-5-11(16)15(2)7-8/h6,8,14H,3-5,7H2,1-2H3,(H,12,13). The Morgan fingerprint density at radius 2 is 2.32 bits per heavy atom. The molecule has 1 amide bonds. The van der Waals surface area contributed by atoms with E-state index in [4.69, 9.17) is 0 Å². The molecule has 1 unspecified atom stereocenters. The maximum absolute atomic E-state index is 12.1. The van der Waals surface area contributed by atoms with E-state index in [9.17, 15) is 13.2 Å². The van der Waals surface area contributed by atoms with E-state index in [1.165, 1.54) is 6.20 Å². The molecule has 1 aliphatic rings. The first-order chi connectivity index (χ1) is 8.92. The number of nitrogens with one attached hydrogen (secondary N) is 2. The highest BCUT2D eigenvalue weighted by Crippen LogP contribution is 2.13. The van der Waals surface area contributed by atoms with Crippen LogP contribution >= 0.6 is 0 Å². The van der Waals surface area contributed by atoms with Gasteiger partial charge in [-0.05, 0) is 6.42 Å². The summed E-state index contributed by atoms with van der Waals surface area (Å²) in [6.07, 6.45) is 2.86. The predicted octanol–water partition coefficient (Wildman–Crippen LogP) is -0.129. The van der Waals surface area contributed by atoms with E-state index in [-0.39, 0.29) is 17.0 Å². The Morgan fingerprint density at radius 3 is 2.89 bits per heavy atom. The van der Waals surface area contributed by atoms with Crippen molar-refractivity contribution in [1.29, 1.82) is 0 Å². The van der Waals surface area contributed by atoms with E-state index in [0.717, 1.165) is 0 Å². The monoisotopic (exact) mass is 286 g/mol. The number of H-pyrrole nitrogens is 1. The molecule has 1 saturated heterocycles. The molecule has 2 N–H and O–H groups in total. The number of piperidine rings is 1. The Labute approximate surface area is 112 Å². The highest BCUT2D eigenvalue weighted by atomic mass is 32.2. The minimum absolute atomic E-state index is 0.0465. The number of aromatic amines is 1. The second-order valence-corrected chi connectivity index (χ2v) is 6.36. The van der Waals surface area contributed by atoms with Crippen LogP contribution in [0, 0.1) is 0 Å². The quantitative estimate of drug-likeness (QED) is 0.806. The van der Waals surface area contributed by atoms with Crippen LogP contribution < -0.4 is 4.72 Å². The Kier molecular flexibility index (Phi) is 3.91. The van der Waals surface area contributed by atoms with Crippen molar-refractivity contribution in [3.05, 3.63) is 12.0 Å². The van der Waals surface area contributed by atoms with E-state index >= 15 is 0 Å². The van der Waals surface area contributed by atoms with Crippen molar-refractivity contribution >= 4 is 15.9 Å². The number of hydrogen-bond donors (Lipinski definition) is 2. The molecule has 7 nitrogen and oxygen atoms in total. The molecule has 2 heterocycles. The fraction of sp³-hybridized carbons (Fsp3) is 0.636. The maximum atomic E-state index is 12.1. The summed E-state index contributed by atoms with van der Waals surface area (Å²) >= 11 is 0. The zero-order valence-corrected chi connectivity index (χ0v) is 11.8. The number of rotatable bonds is 4. The van der Waals surface area contributed by atoms with Gasteiger partial charge >= 0.3 is 0 Å². The van der Waals surface area contributed by atoms with E-state index < -0.39 is 10.0 Å². The van der Waals surface area contributed by atoms with Crippen LogP contribution in [-0.4, -0.2) is 48.8 Å². The molecule has 1 aliphatic heterocycles. The average Bonchev–Trinajstić information content (AvgIpc) is 2.83. The zero-order valence-electron chi connectivity index (χ0n) is 11.0. The van der Waals surface area contributed by atoms with Gasteiger partial charge in [0.25, 0.3) is 10.0 Å². The molecule has 0 aliphatic carbocycles. The number of nitrogens with zero attached hydrogens (tertiary/aromatic N) is 2. The van der Waals surface area contributed by atoms with Crippen LogP contribution in [0.4, 0.5) is 0 Å². The molecule has 0 spiro atoms. The number of amides is 1. The summed E-state index contributed by atoms with van der Waals surface area (Å²) in [4.78, 5) is 19.6. The minimum atomic E-state index is -3.60. The molecule has 1 fully saturated rings. The lowest BCUT2D eigenvalue weighted by molar-refractivity contribution is -0.132. The summed E-state index contributed by atoms with van der Waals surface area (Å²) in [6.45, 7) is 2.29. The van der Waals surface area contributed by atoms with Crippen LogP contribution in [0.2, 0.25) is 0 Å². The van der Waals surface area contributed by atoms with E-state index in [0.29, 0.717) is 31.6 Å². The van der Waals surface area contributed by atoms with Gasteiger partial charge in [-0.25, -0.2) is 18.1 Å². The number of sulfonamides is 1. The largest absolute Gasteiger partial charge is 0.344 e. The van der Waals surface area contributed by atoms with Crippen molar-refractivity contribution in [3.8, 4) is 0 Å². The number of aryl methyl sites for hydroxylation is 1. The van der Waals surface area contributed by atoms with Crippen LogP contribution in [0.3, 0.4) is 0 Å². The molecule has 1 aromatic heterocycles. The van der Waals surface area contributed by atoms with Crippen molar-refractivity contribution in [2.24, 2.45) is 0 Å². The summed E-state index contributed by atoms with van der Waals surface area (Å²) in [6, 6.07) is -0.249. The van der Waals surface area contributed by atoms with Gasteiger partial charge in [0, 0.05) is 32.5 Å². The molecule has 2 rings (SSSR count). The number of likely N-dealkylation sites (tertiary alicyclic amines) is 1. The Hall–Kier alpha value is -1.41. The first-order valence-corrected chi connectivity index (χ1v) is 7.71. The fourth-order valence-electron chi connectivity index (χ4n) is 2.05. The first-order valence-electron chi connectivity index (χ1n) is 6.22. The van der Waals surface area contributed by atoms with Gasteiger partial charge in [-0.3, -0.25) is 4.79 Å². The van der Waals surface area contributed by atoms with Crippen LogP contribution in [0.5, 0.6) is 0 Å². The summed E-state index contributed by atoms with van der Waals surface area (Å²) < 4.78 is 26.9. The average molecular weight is 286 g/mol. The molecule has 106 valence electrons. The molecule has 19 heavy (non-hydrogen) atoms. The summed E-state index contributed by atoms with van der Waals surface area (Å²) in [5.41, 5.74) is 0. The second-order valence-electron chi connectivity index (χ2n) is 4.68. The van der Waals surface area contributed by atoms with Crippen LogP contribution in [0.1, 0.15) is 25.6 Å². The molecular formula is C11H18N4O3S. The van der Waals surface area contributed by atoms with Crippen LogP contribution in [0.15, 0.2) is 11.2 Å². The summed E-state index contributed by atoms with van der Waals surface area (Å²) in [5, 5.41) is 0.0731. The van der Waals surface area contributed by atoms with Gasteiger partial charge in [0.05, 0.1) is 6.20 Å². The van der Waals surface area contributed by atoms with Gasteiger partial charge in [0.2, 0.25) is 5.91 Å². The van der Waals surface area contributed by atoms with Crippen molar-refractivity contribution in [2.75, 3.05) is 13.6 Å². The molecule has 1 atom stereocenters. The lowest BCUT2D eigenvalue weighted by Gasteiger charge is -2.29. The maximum Gasteiger partial charge on any atom is 0.257 e. The Bertz CT molecular complexity index is 566. The molecular weight excluding hydrogens is 268 g/mol. The normalized spacial score (nSPS) is 20.8. The summed E-state index contributed by atoms with van der Waals surface area (Å²) in [7, 11) is -1.92. The fourth-order valence-corrected chi connectivity index (χ4v) is 3.25. The zero-order chi connectivity index (χ0) is 14.0. The number of hydrogen-bond acceptors (Lipinski definition) is 4.